The Kier molecular flexibility index (Phi) is 4.04. The zero-order chi connectivity index (χ0) is 12.2. The third kappa shape index (κ3) is 3.32. The molecule has 1 amide bonds. The van der Waals surface area contributed by atoms with Crippen molar-refractivity contribution in [2.45, 2.75) is 19.5 Å². The Morgan fingerprint density at radius 2 is 1.75 bits per heavy atom. The third-order valence-electron chi connectivity index (χ3n) is 2.64. The van der Waals surface area contributed by atoms with Gasteiger partial charge < -0.3 is 0 Å². The molecule has 0 aliphatic carbocycles. The topological polar surface area (TPSA) is 44.4 Å². The molecule has 0 saturated heterocycles. The molecule has 0 aliphatic rings. The van der Waals surface area contributed by atoms with Crippen LogP contribution in [0.4, 0.5) is 0 Å². The fourth-order valence-electron chi connectivity index (χ4n) is 0.983. The Bertz CT molecular complexity index is 347. The van der Waals surface area contributed by atoms with Gasteiger partial charge in [-0.25, -0.2) is 5.43 Å². The maximum Gasteiger partial charge on any atom is 0.265 e. The molecule has 0 radical (unpaired) electrons. The molecule has 1 aromatic carbocycles. The highest BCUT2D eigenvalue weighted by Crippen LogP contribution is 2.03. The van der Waals surface area contributed by atoms with Crippen LogP contribution < -0.4 is 10.9 Å². The Balaban J connectivity index is 2.54. The van der Waals surface area contributed by atoms with Crippen molar-refractivity contribution in [3.8, 4) is 0 Å². The summed E-state index contributed by atoms with van der Waals surface area (Å²) in [6, 6.07) is 9.12. The molecule has 0 aliphatic heterocycles. The number of hydrogen-bond donors (Lipinski definition) is 2. The van der Waals surface area contributed by atoms with E-state index in [4.69, 9.17) is 0 Å². The lowest BCUT2D eigenvalue weighted by Gasteiger charge is -2.33. The SMILES string of the molecule is CN(C)C(C)(C)NNC(=O)c1ccccc1. The molecule has 0 spiro atoms. The minimum Gasteiger partial charge on any atom is -0.291 e. The summed E-state index contributed by atoms with van der Waals surface area (Å²) in [5.74, 6) is -0.129. The maximum absolute atomic E-state index is 11.7. The van der Waals surface area contributed by atoms with Crippen molar-refractivity contribution >= 4 is 5.91 Å². The van der Waals surface area contributed by atoms with Crippen molar-refractivity contribution in [1.82, 2.24) is 15.8 Å². The van der Waals surface area contributed by atoms with Gasteiger partial charge in [0.25, 0.3) is 5.91 Å². The van der Waals surface area contributed by atoms with Gasteiger partial charge in [-0.2, -0.15) is 0 Å². The molecule has 1 aromatic rings. The predicted molar refractivity (Wildman–Crippen MR) is 64.8 cm³/mol. The van der Waals surface area contributed by atoms with E-state index in [1.807, 2.05) is 51.0 Å². The normalized spacial score (nSPS) is 11.6. The number of benzene rings is 1. The smallest absolute Gasteiger partial charge is 0.265 e. The molecule has 0 aromatic heterocycles. The average molecular weight is 221 g/mol. The summed E-state index contributed by atoms with van der Waals surface area (Å²) in [6.45, 7) is 3.97. The van der Waals surface area contributed by atoms with Crippen LogP contribution in [0.15, 0.2) is 30.3 Å². The third-order valence-corrected chi connectivity index (χ3v) is 2.64. The lowest BCUT2D eigenvalue weighted by molar-refractivity contribution is 0.0814. The lowest BCUT2D eigenvalue weighted by Crippen LogP contribution is -2.58. The minimum atomic E-state index is -0.287. The molecule has 16 heavy (non-hydrogen) atoms. The van der Waals surface area contributed by atoms with E-state index in [0.717, 1.165) is 0 Å². The highest BCUT2D eigenvalue weighted by atomic mass is 16.2. The largest absolute Gasteiger partial charge is 0.291 e. The molecule has 0 bridgehead atoms. The zero-order valence-corrected chi connectivity index (χ0v) is 10.2. The number of amides is 1. The number of nitrogens with one attached hydrogen (secondary N) is 2. The van der Waals surface area contributed by atoms with Gasteiger partial charge in [-0.15, -0.1) is 0 Å². The van der Waals surface area contributed by atoms with Gasteiger partial charge in [0.1, 0.15) is 0 Å². The summed E-state index contributed by atoms with van der Waals surface area (Å²) < 4.78 is 0. The summed E-state index contributed by atoms with van der Waals surface area (Å²) in [5, 5.41) is 0. The fraction of sp³-hybridized carbons (Fsp3) is 0.417. The van der Waals surface area contributed by atoms with Gasteiger partial charge in [0.15, 0.2) is 0 Å². The first kappa shape index (κ1) is 12.7. The summed E-state index contributed by atoms with van der Waals surface area (Å²) in [5.41, 5.74) is 6.03. The molecule has 1 rings (SSSR count). The van der Waals surface area contributed by atoms with Crippen molar-refractivity contribution < 1.29 is 4.79 Å². The summed E-state index contributed by atoms with van der Waals surface area (Å²) >= 11 is 0. The molecule has 0 atom stereocenters. The second kappa shape index (κ2) is 5.09. The van der Waals surface area contributed by atoms with Crippen molar-refractivity contribution in [1.29, 1.82) is 0 Å². The highest BCUT2D eigenvalue weighted by Gasteiger charge is 2.20. The number of rotatable bonds is 4. The fourth-order valence-corrected chi connectivity index (χ4v) is 0.983. The van der Waals surface area contributed by atoms with Crippen molar-refractivity contribution in [2.75, 3.05) is 14.1 Å². The highest BCUT2D eigenvalue weighted by molar-refractivity contribution is 5.93. The Labute approximate surface area is 96.6 Å². The number of nitrogens with zero attached hydrogens (tertiary/aromatic N) is 1. The van der Waals surface area contributed by atoms with Crippen LogP contribution in [-0.4, -0.2) is 30.6 Å². The Morgan fingerprint density at radius 3 is 2.25 bits per heavy atom. The van der Waals surface area contributed by atoms with E-state index >= 15 is 0 Å². The summed E-state index contributed by atoms with van der Waals surface area (Å²) in [4.78, 5) is 13.7. The van der Waals surface area contributed by atoms with Gasteiger partial charge in [-0.05, 0) is 40.1 Å². The van der Waals surface area contributed by atoms with Crippen LogP contribution in [0.3, 0.4) is 0 Å². The van der Waals surface area contributed by atoms with E-state index in [0.29, 0.717) is 5.56 Å². The van der Waals surface area contributed by atoms with Gasteiger partial charge in [0, 0.05) is 5.56 Å². The number of hydrazine groups is 1. The first-order valence-electron chi connectivity index (χ1n) is 5.23. The molecular formula is C12H19N3O. The molecule has 2 N–H and O–H groups in total. The van der Waals surface area contributed by atoms with Gasteiger partial charge in [-0.1, -0.05) is 18.2 Å². The molecule has 0 fully saturated rings. The molecule has 0 saturated carbocycles. The average Bonchev–Trinajstić information content (AvgIpc) is 2.27. The number of carbonyl (C=O) groups is 1. The van der Waals surface area contributed by atoms with Crippen molar-refractivity contribution in [2.24, 2.45) is 0 Å². The molecule has 4 heteroatoms. The van der Waals surface area contributed by atoms with E-state index in [1.165, 1.54) is 0 Å². The quantitative estimate of drug-likeness (QED) is 0.593. The minimum absolute atomic E-state index is 0.129. The van der Waals surface area contributed by atoms with E-state index in [2.05, 4.69) is 10.9 Å². The number of carbonyl (C=O) groups excluding carboxylic acids is 1. The van der Waals surface area contributed by atoms with Gasteiger partial charge in [0.05, 0.1) is 5.66 Å². The lowest BCUT2D eigenvalue weighted by atomic mass is 10.2. The molecular weight excluding hydrogens is 202 g/mol. The van der Waals surface area contributed by atoms with Crippen LogP contribution in [0.2, 0.25) is 0 Å². The van der Waals surface area contributed by atoms with E-state index in [9.17, 15) is 4.79 Å². The zero-order valence-electron chi connectivity index (χ0n) is 10.2. The standard InChI is InChI=1S/C12H19N3O/c1-12(2,15(3)4)14-13-11(16)10-8-6-5-7-9-10/h5-9,14H,1-4H3,(H,13,16). The second-order valence-electron chi connectivity index (χ2n) is 4.40. The summed E-state index contributed by atoms with van der Waals surface area (Å²) in [6.07, 6.45) is 0. The summed E-state index contributed by atoms with van der Waals surface area (Å²) in [7, 11) is 3.89. The van der Waals surface area contributed by atoms with Crippen LogP contribution >= 0.6 is 0 Å². The number of hydrogen-bond acceptors (Lipinski definition) is 3. The van der Waals surface area contributed by atoms with Crippen LogP contribution in [0.25, 0.3) is 0 Å². The van der Waals surface area contributed by atoms with Gasteiger partial charge in [-0.3, -0.25) is 15.1 Å². The molecule has 4 nitrogen and oxygen atoms in total. The van der Waals surface area contributed by atoms with E-state index < -0.39 is 0 Å². The predicted octanol–water partition coefficient (Wildman–Crippen LogP) is 1.22. The van der Waals surface area contributed by atoms with Crippen LogP contribution in [0, 0.1) is 0 Å². The van der Waals surface area contributed by atoms with Gasteiger partial charge >= 0.3 is 0 Å². The monoisotopic (exact) mass is 221 g/mol. The van der Waals surface area contributed by atoms with Crippen LogP contribution in [-0.2, 0) is 0 Å². The molecule has 0 unspecified atom stereocenters. The maximum atomic E-state index is 11.7. The first-order chi connectivity index (χ1) is 7.43. The Morgan fingerprint density at radius 1 is 1.19 bits per heavy atom. The van der Waals surface area contributed by atoms with E-state index in [1.54, 1.807) is 12.1 Å². The van der Waals surface area contributed by atoms with Crippen LogP contribution in [0.5, 0.6) is 0 Å². The van der Waals surface area contributed by atoms with Crippen molar-refractivity contribution in [3.63, 3.8) is 0 Å². The van der Waals surface area contributed by atoms with Crippen LogP contribution in [0.1, 0.15) is 24.2 Å². The molecule has 0 heterocycles. The van der Waals surface area contributed by atoms with E-state index in [-0.39, 0.29) is 11.6 Å². The van der Waals surface area contributed by atoms with Crippen molar-refractivity contribution in [3.05, 3.63) is 35.9 Å². The molecule has 88 valence electrons. The Hall–Kier alpha value is -1.39. The second-order valence-corrected chi connectivity index (χ2v) is 4.40. The first-order valence-corrected chi connectivity index (χ1v) is 5.23. The van der Waals surface area contributed by atoms with Gasteiger partial charge in [0.2, 0.25) is 0 Å².